The molecule has 0 amide bonds. The normalized spacial score (nSPS) is 12.9. The predicted octanol–water partition coefficient (Wildman–Crippen LogP) is 6.47. The van der Waals surface area contributed by atoms with Crippen LogP contribution in [-0.2, 0) is 0 Å². The Morgan fingerprint density at radius 2 is 1.65 bits per heavy atom. The molecule has 3 heteroatoms. The van der Waals surface area contributed by atoms with Gasteiger partial charge in [0.25, 0.3) is 0 Å². The minimum absolute atomic E-state index is 0.276. The van der Waals surface area contributed by atoms with Gasteiger partial charge in [-0.15, -0.1) is 11.3 Å². The third-order valence-corrected chi connectivity index (χ3v) is 5.59. The lowest BCUT2D eigenvalue weighted by Crippen LogP contribution is -1.94. The van der Waals surface area contributed by atoms with E-state index >= 15 is 0 Å². The highest BCUT2D eigenvalue weighted by atomic mass is 32.1. The number of hydrogen-bond acceptors (Lipinski definition) is 3. The van der Waals surface area contributed by atoms with Crippen LogP contribution in [0.1, 0.15) is 10.4 Å². The molecule has 0 aliphatic carbocycles. The highest BCUT2D eigenvalue weighted by Crippen LogP contribution is 2.44. The van der Waals surface area contributed by atoms with E-state index in [2.05, 4.69) is 60.7 Å². The summed E-state index contributed by atoms with van der Waals surface area (Å²) in [4.78, 5) is 1.24. The maximum atomic E-state index is 5.77. The lowest BCUT2D eigenvalue weighted by Gasteiger charge is -2.10. The molecule has 0 atom stereocenters. The first-order valence-electron chi connectivity index (χ1n) is 8.53. The molecule has 26 heavy (non-hydrogen) atoms. The van der Waals surface area contributed by atoms with Crippen LogP contribution in [0.15, 0.2) is 72.8 Å². The number of hydrogen-bond donors (Lipinski definition) is 0. The first-order chi connectivity index (χ1) is 12.9. The summed E-state index contributed by atoms with van der Waals surface area (Å²) in [6.45, 7) is 0.276. The number of ether oxygens (including phenoxy) is 2. The molecular formula is C23H16O2S. The third kappa shape index (κ3) is 2.67. The third-order valence-electron chi connectivity index (χ3n) is 4.51. The van der Waals surface area contributed by atoms with Crippen molar-refractivity contribution in [3.8, 4) is 22.6 Å². The number of thiophene rings is 1. The van der Waals surface area contributed by atoms with Gasteiger partial charge in [0.05, 0.1) is 0 Å². The zero-order valence-electron chi connectivity index (χ0n) is 14.0. The molecule has 1 aromatic heterocycles. The van der Waals surface area contributed by atoms with Crippen molar-refractivity contribution in [1.82, 2.24) is 0 Å². The molecule has 0 saturated heterocycles. The van der Waals surface area contributed by atoms with Crippen LogP contribution in [0.25, 0.3) is 33.4 Å². The molecule has 1 aliphatic rings. The van der Waals surface area contributed by atoms with E-state index in [1.807, 2.05) is 24.3 Å². The van der Waals surface area contributed by atoms with Gasteiger partial charge in [0.1, 0.15) is 0 Å². The van der Waals surface area contributed by atoms with Crippen LogP contribution in [0.3, 0.4) is 0 Å². The van der Waals surface area contributed by atoms with Crippen molar-refractivity contribution in [3.63, 3.8) is 0 Å². The fourth-order valence-corrected chi connectivity index (χ4v) is 4.25. The van der Waals surface area contributed by atoms with Crippen molar-refractivity contribution in [1.29, 1.82) is 0 Å². The van der Waals surface area contributed by atoms with Gasteiger partial charge in [0, 0.05) is 15.1 Å². The predicted molar refractivity (Wildman–Crippen MR) is 109 cm³/mol. The topological polar surface area (TPSA) is 18.5 Å². The molecule has 4 aromatic rings. The van der Waals surface area contributed by atoms with Gasteiger partial charge < -0.3 is 9.47 Å². The number of rotatable bonds is 3. The van der Waals surface area contributed by atoms with Gasteiger partial charge in [0.15, 0.2) is 11.5 Å². The summed E-state index contributed by atoms with van der Waals surface area (Å²) in [7, 11) is 0. The Hall–Kier alpha value is -3.04. The highest BCUT2D eigenvalue weighted by Gasteiger charge is 2.21. The lowest BCUT2D eigenvalue weighted by molar-refractivity contribution is 0.174. The summed E-state index contributed by atoms with van der Waals surface area (Å²) < 4.78 is 12.7. The minimum Gasteiger partial charge on any atom is -0.454 e. The molecule has 0 N–H and O–H groups in total. The molecule has 0 fully saturated rings. The Morgan fingerprint density at radius 1 is 0.808 bits per heavy atom. The molecule has 1 aliphatic heterocycles. The monoisotopic (exact) mass is 356 g/mol. The van der Waals surface area contributed by atoms with Crippen LogP contribution >= 0.6 is 11.3 Å². The molecule has 0 bridgehead atoms. The molecule has 3 aromatic carbocycles. The van der Waals surface area contributed by atoms with Gasteiger partial charge in [-0.25, -0.2) is 0 Å². The number of fused-ring (bicyclic) bond motifs is 2. The summed E-state index contributed by atoms with van der Waals surface area (Å²) in [5, 5.41) is 1.28. The highest BCUT2D eigenvalue weighted by molar-refractivity contribution is 7.19. The zero-order chi connectivity index (χ0) is 17.3. The molecule has 126 valence electrons. The van der Waals surface area contributed by atoms with Crippen LogP contribution in [-0.4, -0.2) is 6.79 Å². The van der Waals surface area contributed by atoms with E-state index in [1.54, 1.807) is 11.3 Å². The Bertz CT molecular complexity index is 1080. The van der Waals surface area contributed by atoms with Gasteiger partial charge in [-0.3, -0.25) is 0 Å². The lowest BCUT2D eigenvalue weighted by atomic mass is 9.97. The fraction of sp³-hybridized carbons (Fsp3) is 0.0435. The van der Waals surface area contributed by atoms with E-state index in [-0.39, 0.29) is 6.79 Å². The van der Waals surface area contributed by atoms with Gasteiger partial charge in [-0.1, -0.05) is 60.7 Å². The molecule has 2 heterocycles. The summed E-state index contributed by atoms with van der Waals surface area (Å²) in [6, 6.07) is 25.1. The fourth-order valence-electron chi connectivity index (χ4n) is 3.29. The van der Waals surface area contributed by atoms with Crippen LogP contribution in [0.5, 0.6) is 11.5 Å². The first-order valence-corrected chi connectivity index (χ1v) is 9.35. The van der Waals surface area contributed by atoms with E-state index in [4.69, 9.17) is 9.47 Å². The molecule has 5 rings (SSSR count). The first kappa shape index (κ1) is 15.2. The van der Waals surface area contributed by atoms with Crippen molar-refractivity contribution in [2.75, 3.05) is 6.79 Å². The van der Waals surface area contributed by atoms with Gasteiger partial charge >= 0.3 is 0 Å². The van der Waals surface area contributed by atoms with Crippen LogP contribution in [0.2, 0.25) is 0 Å². The van der Waals surface area contributed by atoms with Crippen LogP contribution < -0.4 is 9.47 Å². The second kappa shape index (κ2) is 6.36. The van der Waals surface area contributed by atoms with E-state index in [9.17, 15) is 0 Å². The van der Waals surface area contributed by atoms with E-state index in [0.717, 1.165) is 28.2 Å². The molecule has 0 saturated carbocycles. The van der Waals surface area contributed by atoms with Crippen molar-refractivity contribution < 1.29 is 9.47 Å². The molecule has 0 radical (unpaired) electrons. The maximum Gasteiger partial charge on any atom is 0.231 e. The number of benzene rings is 3. The van der Waals surface area contributed by atoms with Gasteiger partial charge in [0.2, 0.25) is 6.79 Å². The van der Waals surface area contributed by atoms with Crippen molar-refractivity contribution in [2.45, 2.75) is 0 Å². The molecule has 0 unspecified atom stereocenters. The Kier molecular flexibility index (Phi) is 3.72. The maximum absolute atomic E-state index is 5.77. The molecular weight excluding hydrogens is 340 g/mol. The largest absolute Gasteiger partial charge is 0.454 e. The summed E-state index contributed by atoms with van der Waals surface area (Å²) in [5.41, 5.74) is 3.33. The van der Waals surface area contributed by atoms with Crippen LogP contribution in [0, 0.1) is 0 Å². The second-order valence-corrected chi connectivity index (χ2v) is 7.26. The summed E-state index contributed by atoms with van der Waals surface area (Å²) >= 11 is 1.80. The van der Waals surface area contributed by atoms with E-state index < -0.39 is 0 Å². The Labute approximate surface area is 155 Å². The second-order valence-electron chi connectivity index (χ2n) is 6.15. The zero-order valence-corrected chi connectivity index (χ0v) is 14.8. The smallest absolute Gasteiger partial charge is 0.231 e. The van der Waals surface area contributed by atoms with Crippen LogP contribution in [0.4, 0.5) is 0 Å². The van der Waals surface area contributed by atoms with Crippen molar-refractivity contribution in [3.05, 3.63) is 83.2 Å². The average Bonchev–Trinajstić information content (AvgIpc) is 3.32. The van der Waals surface area contributed by atoms with Gasteiger partial charge in [-0.05, 0) is 40.8 Å². The van der Waals surface area contributed by atoms with E-state index in [1.165, 1.54) is 15.0 Å². The van der Waals surface area contributed by atoms with Crippen molar-refractivity contribution in [2.24, 2.45) is 0 Å². The summed E-state index contributed by atoms with van der Waals surface area (Å²) in [6.07, 6.45) is 4.34. The van der Waals surface area contributed by atoms with E-state index in [0.29, 0.717) is 0 Å². The Morgan fingerprint density at radius 3 is 2.54 bits per heavy atom. The average molecular weight is 356 g/mol. The Balaban J connectivity index is 1.60. The quantitative estimate of drug-likeness (QED) is 0.419. The molecule has 2 nitrogen and oxygen atoms in total. The molecule has 0 spiro atoms. The standard InChI is InChI=1S/C23H16O2S/c1-2-6-16(7-3-1)22-17(11-13-20-23(22)25-15-24-20)10-12-19-14-18-8-4-5-9-21(18)26-19/h1-14H,15H2. The van der Waals surface area contributed by atoms with Gasteiger partial charge in [-0.2, -0.15) is 0 Å². The van der Waals surface area contributed by atoms with Crippen molar-refractivity contribution >= 4 is 33.6 Å². The summed E-state index contributed by atoms with van der Waals surface area (Å²) in [5.74, 6) is 1.64. The minimum atomic E-state index is 0.276. The SMILES string of the molecule is C(=Cc1ccc2c(c1-c1ccccc1)OCO2)c1cc2ccccc2s1.